The van der Waals surface area contributed by atoms with Crippen LogP contribution in [0.4, 0.5) is 17.6 Å². The van der Waals surface area contributed by atoms with Gasteiger partial charge in [0.05, 0.1) is 22.4 Å². The van der Waals surface area contributed by atoms with Crippen molar-refractivity contribution < 1.29 is 22.1 Å². The maximum Gasteiger partial charge on any atom is 0.471 e. The molecule has 0 atom stereocenters. The Hall–Kier alpha value is -2.94. The van der Waals surface area contributed by atoms with Crippen LogP contribution in [-0.4, -0.2) is 19.7 Å². The van der Waals surface area contributed by atoms with Crippen molar-refractivity contribution in [3.05, 3.63) is 65.0 Å². The first kappa shape index (κ1) is 17.5. The highest BCUT2D eigenvalue weighted by atomic mass is 35.5. The van der Waals surface area contributed by atoms with Crippen LogP contribution in [0, 0.1) is 5.82 Å². The van der Waals surface area contributed by atoms with Crippen LogP contribution < -0.4 is 0 Å². The molecule has 0 aliphatic rings. The Kier molecular flexibility index (Phi) is 4.11. The molecule has 5 nitrogen and oxygen atoms in total. The second-order valence-electron chi connectivity index (χ2n) is 5.75. The van der Waals surface area contributed by atoms with Gasteiger partial charge in [0.25, 0.3) is 0 Å². The molecule has 27 heavy (non-hydrogen) atoms. The Morgan fingerprint density at radius 2 is 1.85 bits per heavy atom. The number of alkyl halides is 3. The summed E-state index contributed by atoms with van der Waals surface area (Å²) in [4.78, 5) is 7.48. The van der Waals surface area contributed by atoms with E-state index in [1.807, 2.05) is 0 Å². The number of imidazole rings is 1. The number of hydrogen-bond acceptors (Lipinski definition) is 4. The third-order valence-electron chi connectivity index (χ3n) is 3.90. The van der Waals surface area contributed by atoms with Crippen LogP contribution in [0.25, 0.3) is 22.4 Å². The topological polar surface area (TPSA) is 56.7 Å². The Morgan fingerprint density at radius 1 is 1.11 bits per heavy atom. The highest BCUT2D eigenvalue weighted by Gasteiger charge is 2.38. The van der Waals surface area contributed by atoms with Gasteiger partial charge < -0.3 is 9.09 Å². The van der Waals surface area contributed by atoms with Gasteiger partial charge in [0.1, 0.15) is 5.82 Å². The largest absolute Gasteiger partial charge is 0.471 e. The number of hydrogen-bond donors (Lipinski definition) is 0. The molecule has 0 fully saturated rings. The minimum Gasteiger partial charge on any atom is -0.329 e. The summed E-state index contributed by atoms with van der Waals surface area (Å²) in [6, 6.07) is 9.36. The molecule has 2 aromatic heterocycles. The van der Waals surface area contributed by atoms with Gasteiger partial charge in [-0.05, 0) is 11.6 Å². The zero-order valence-corrected chi connectivity index (χ0v) is 14.1. The minimum absolute atomic E-state index is 0.00262. The third-order valence-corrected chi connectivity index (χ3v) is 4.19. The van der Waals surface area contributed by atoms with Crippen molar-refractivity contribution >= 4 is 22.6 Å². The number of nitrogens with zero attached hydrogens (tertiary/aromatic N) is 4. The molecule has 0 amide bonds. The quantitative estimate of drug-likeness (QED) is 0.460. The standard InChI is InChI=1S/C17H9ClF4N4O/c18-11-5-14-13(6-12(11)19)23-8-26(14)7-9-1-3-10(4-2-9)15-24-16(27-25-15)17(20,21)22/h1-6,8H,7H2. The molecule has 2 heterocycles. The SMILES string of the molecule is Fc1cc2ncn(Cc3ccc(-c4noc(C(F)(F)F)n4)cc3)c2cc1Cl. The average Bonchev–Trinajstić information content (AvgIpc) is 3.24. The lowest BCUT2D eigenvalue weighted by Crippen LogP contribution is -2.04. The average molecular weight is 397 g/mol. The van der Waals surface area contributed by atoms with Crippen LogP contribution in [0.5, 0.6) is 0 Å². The summed E-state index contributed by atoms with van der Waals surface area (Å²) >= 11 is 5.82. The van der Waals surface area contributed by atoms with Gasteiger partial charge in [-0.15, -0.1) is 0 Å². The first-order chi connectivity index (χ1) is 12.8. The molecule has 4 rings (SSSR count). The van der Waals surface area contributed by atoms with E-state index < -0.39 is 17.9 Å². The van der Waals surface area contributed by atoms with Gasteiger partial charge in [0.15, 0.2) is 0 Å². The number of fused-ring (bicyclic) bond motifs is 1. The van der Waals surface area contributed by atoms with Crippen LogP contribution in [0.3, 0.4) is 0 Å². The minimum atomic E-state index is -4.69. The van der Waals surface area contributed by atoms with Gasteiger partial charge in [-0.3, -0.25) is 0 Å². The highest BCUT2D eigenvalue weighted by molar-refractivity contribution is 6.31. The molecule has 0 N–H and O–H groups in total. The van der Waals surface area contributed by atoms with Gasteiger partial charge in [-0.2, -0.15) is 18.2 Å². The molecular formula is C17H9ClF4N4O. The molecule has 0 aliphatic carbocycles. The molecule has 0 saturated heterocycles. The predicted molar refractivity (Wildman–Crippen MR) is 88.5 cm³/mol. The molecule has 4 aromatic rings. The van der Waals surface area contributed by atoms with Gasteiger partial charge in [-0.25, -0.2) is 9.37 Å². The zero-order chi connectivity index (χ0) is 19.2. The van der Waals surface area contributed by atoms with Crippen LogP contribution >= 0.6 is 11.6 Å². The van der Waals surface area contributed by atoms with Crippen LogP contribution in [0.15, 0.2) is 47.2 Å². The van der Waals surface area contributed by atoms with Crippen molar-refractivity contribution in [1.82, 2.24) is 19.7 Å². The molecule has 0 bridgehead atoms. The summed E-state index contributed by atoms with van der Waals surface area (Å²) < 4.78 is 57.1. The Bertz CT molecular complexity index is 1120. The van der Waals surface area contributed by atoms with E-state index in [1.54, 1.807) is 35.2 Å². The molecule has 10 heteroatoms. The Morgan fingerprint density at radius 3 is 2.52 bits per heavy atom. The van der Waals surface area contributed by atoms with E-state index in [9.17, 15) is 17.6 Å². The first-order valence-electron chi connectivity index (χ1n) is 7.61. The molecule has 0 unspecified atom stereocenters. The maximum absolute atomic E-state index is 13.5. The monoisotopic (exact) mass is 396 g/mol. The lowest BCUT2D eigenvalue weighted by Gasteiger charge is -2.06. The van der Waals surface area contributed by atoms with Crippen molar-refractivity contribution in [1.29, 1.82) is 0 Å². The Labute approximate surface area is 154 Å². The number of halogens is 5. The van der Waals surface area contributed by atoms with E-state index in [-0.39, 0.29) is 10.8 Å². The van der Waals surface area contributed by atoms with Gasteiger partial charge in [-0.1, -0.05) is 41.0 Å². The molecular weight excluding hydrogens is 388 g/mol. The fourth-order valence-corrected chi connectivity index (χ4v) is 2.75. The van der Waals surface area contributed by atoms with E-state index in [1.165, 1.54) is 12.1 Å². The van der Waals surface area contributed by atoms with Gasteiger partial charge in [0.2, 0.25) is 5.82 Å². The summed E-state index contributed by atoms with van der Waals surface area (Å²) in [7, 11) is 0. The lowest BCUT2D eigenvalue weighted by molar-refractivity contribution is -0.159. The van der Waals surface area contributed by atoms with Gasteiger partial charge >= 0.3 is 12.1 Å². The van der Waals surface area contributed by atoms with Crippen LogP contribution in [0.2, 0.25) is 5.02 Å². The molecule has 0 radical (unpaired) electrons. The van der Waals surface area contributed by atoms with E-state index in [4.69, 9.17) is 11.6 Å². The summed E-state index contributed by atoms with van der Waals surface area (Å²) in [6.07, 6.45) is -3.13. The summed E-state index contributed by atoms with van der Waals surface area (Å²) in [6.45, 7) is 0.415. The zero-order valence-electron chi connectivity index (χ0n) is 13.3. The normalized spacial score (nSPS) is 12.0. The number of aromatic nitrogens is 4. The van der Waals surface area contributed by atoms with Crippen LogP contribution in [-0.2, 0) is 12.7 Å². The fraction of sp³-hybridized carbons (Fsp3) is 0.118. The summed E-state index contributed by atoms with van der Waals surface area (Å²) in [5.74, 6) is -2.09. The number of rotatable bonds is 3. The van der Waals surface area contributed by atoms with Crippen molar-refractivity contribution in [2.45, 2.75) is 12.7 Å². The van der Waals surface area contributed by atoms with Crippen LogP contribution in [0.1, 0.15) is 11.5 Å². The highest BCUT2D eigenvalue weighted by Crippen LogP contribution is 2.29. The first-order valence-corrected chi connectivity index (χ1v) is 7.99. The van der Waals surface area contributed by atoms with Crippen molar-refractivity contribution in [2.24, 2.45) is 0 Å². The molecule has 0 aliphatic heterocycles. The second kappa shape index (κ2) is 6.34. The van der Waals surface area contributed by atoms with E-state index in [2.05, 4.69) is 19.6 Å². The lowest BCUT2D eigenvalue weighted by atomic mass is 10.1. The fourth-order valence-electron chi connectivity index (χ4n) is 2.59. The smallest absolute Gasteiger partial charge is 0.329 e. The van der Waals surface area contributed by atoms with E-state index in [0.29, 0.717) is 23.1 Å². The van der Waals surface area contributed by atoms with Gasteiger partial charge in [0, 0.05) is 18.2 Å². The maximum atomic E-state index is 13.5. The molecule has 0 saturated carbocycles. The molecule has 0 spiro atoms. The van der Waals surface area contributed by atoms with Crippen molar-refractivity contribution in [3.8, 4) is 11.4 Å². The van der Waals surface area contributed by atoms with Crippen molar-refractivity contribution in [2.75, 3.05) is 0 Å². The number of benzene rings is 2. The molecule has 2 aromatic carbocycles. The summed E-state index contributed by atoms with van der Waals surface area (Å²) in [5, 5.41) is 3.34. The van der Waals surface area contributed by atoms with E-state index in [0.717, 1.165) is 5.56 Å². The predicted octanol–water partition coefficient (Wildman–Crippen LogP) is 4.95. The second-order valence-corrected chi connectivity index (χ2v) is 6.15. The van der Waals surface area contributed by atoms with Crippen molar-refractivity contribution in [3.63, 3.8) is 0 Å². The van der Waals surface area contributed by atoms with E-state index >= 15 is 0 Å². The third kappa shape index (κ3) is 3.37. The Balaban J connectivity index is 1.58. The molecule has 138 valence electrons. The summed E-state index contributed by atoms with van der Waals surface area (Å²) in [5.41, 5.74) is 2.37.